The van der Waals surface area contributed by atoms with Crippen molar-refractivity contribution < 1.29 is 19.1 Å². The summed E-state index contributed by atoms with van der Waals surface area (Å²) in [6.07, 6.45) is 2.00. The number of aliphatic carboxylic acids is 1. The number of carboxylic acid groups (broad SMARTS) is 1. The first kappa shape index (κ1) is 14.5. The van der Waals surface area contributed by atoms with Crippen molar-refractivity contribution in [3.63, 3.8) is 0 Å². The molecule has 1 aromatic carbocycles. The Kier molecular flexibility index (Phi) is 4.37. The second kappa shape index (κ2) is 6.03. The highest BCUT2D eigenvalue weighted by Gasteiger charge is 2.34. The lowest BCUT2D eigenvalue weighted by molar-refractivity contribution is -0.145. The van der Waals surface area contributed by atoms with E-state index in [0.717, 1.165) is 18.4 Å². The van der Waals surface area contributed by atoms with Crippen LogP contribution in [0.1, 0.15) is 37.7 Å². The van der Waals surface area contributed by atoms with Crippen molar-refractivity contribution in [1.29, 1.82) is 0 Å². The molecule has 108 valence electrons. The van der Waals surface area contributed by atoms with Gasteiger partial charge < -0.3 is 10.0 Å². The molecule has 1 saturated carbocycles. The zero-order valence-corrected chi connectivity index (χ0v) is 11.4. The molecule has 20 heavy (non-hydrogen) atoms. The lowest BCUT2D eigenvalue weighted by Gasteiger charge is -2.22. The maximum absolute atomic E-state index is 12.9. The number of amides is 1. The van der Waals surface area contributed by atoms with Crippen LogP contribution in [-0.2, 0) is 9.59 Å². The Labute approximate surface area is 117 Å². The predicted molar refractivity (Wildman–Crippen MR) is 71.8 cm³/mol. The van der Waals surface area contributed by atoms with Gasteiger partial charge in [0.2, 0.25) is 5.91 Å². The fourth-order valence-electron chi connectivity index (χ4n) is 2.24. The van der Waals surface area contributed by atoms with E-state index in [1.165, 1.54) is 17.0 Å². The summed E-state index contributed by atoms with van der Waals surface area (Å²) in [5, 5.41) is 8.86. The zero-order chi connectivity index (χ0) is 14.7. The zero-order valence-electron chi connectivity index (χ0n) is 11.4. The molecule has 1 N–H and O–H groups in total. The van der Waals surface area contributed by atoms with Gasteiger partial charge in [-0.2, -0.15) is 0 Å². The van der Waals surface area contributed by atoms with Crippen LogP contribution >= 0.6 is 0 Å². The van der Waals surface area contributed by atoms with Gasteiger partial charge in [-0.15, -0.1) is 0 Å². The number of halogens is 1. The van der Waals surface area contributed by atoms with Gasteiger partial charge in [-0.05, 0) is 36.5 Å². The van der Waals surface area contributed by atoms with E-state index in [1.54, 1.807) is 12.1 Å². The third-order valence-corrected chi connectivity index (χ3v) is 3.53. The molecule has 0 bridgehead atoms. The summed E-state index contributed by atoms with van der Waals surface area (Å²) in [5.74, 6) is -1.50. The Morgan fingerprint density at radius 2 is 1.95 bits per heavy atom. The lowest BCUT2D eigenvalue weighted by atomic mass is 9.97. The minimum Gasteiger partial charge on any atom is -0.480 e. The summed E-state index contributed by atoms with van der Waals surface area (Å²) in [7, 11) is 0. The van der Waals surface area contributed by atoms with E-state index in [0.29, 0.717) is 0 Å². The second-order valence-corrected chi connectivity index (χ2v) is 5.30. The van der Waals surface area contributed by atoms with Crippen molar-refractivity contribution in [2.45, 2.75) is 38.1 Å². The average Bonchev–Trinajstić information content (AvgIpc) is 3.20. The molecule has 0 aliphatic heterocycles. The van der Waals surface area contributed by atoms with Gasteiger partial charge in [-0.1, -0.05) is 19.1 Å². The molecular weight excluding hydrogens is 261 g/mol. The molecule has 1 aromatic rings. The molecule has 2 rings (SSSR count). The second-order valence-electron chi connectivity index (χ2n) is 5.30. The van der Waals surface area contributed by atoms with Gasteiger partial charge in [-0.25, -0.2) is 4.39 Å². The van der Waals surface area contributed by atoms with Crippen molar-refractivity contribution in [2.24, 2.45) is 0 Å². The summed E-state index contributed by atoms with van der Waals surface area (Å²) in [6.45, 7) is 1.65. The van der Waals surface area contributed by atoms with E-state index in [2.05, 4.69) is 0 Å². The van der Waals surface area contributed by atoms with Crippen LogP contribution in [0.25, 0.3) is 0 Å². The maximum atomic E-state index is 12.9. The average molecular weight is 279 g/mol. The van der Waals surface area contributed by atoms with Crippen LogP contribution < -0.4 is 0 Å². The molecule has 4 nitrogen and oxygen atoms in total. The van der Waals surface area contributed by atoms with Gasteiger partial charge in [-0.3, -0.25) is 9.59 Å². The van der Waals surface area contributed by atoms with Crippen molar-refractivity contribution in [3.8, 4) is 0 Å². The van der Waals surface area contributed by atoms with Crippen LogP contribution in [0, 0.1) is 5.82 Å². The lowest BCUT2D eigenvalue weighted by Crippen LogP contribution is -2.37. The highest BCUT2D eigenvalue weighted by Crippen LogP contribution is 2.29. The van der Waals surface area contributed by atoms with Crippen molar-refractivity contribution in [1.82, 2.24) is 4.90 Å². The minimum absolute atomic E-state index is 0.0573. The predicted octanol–water partition coefficient (Wildman–Crippen LogP) is 2.39. The third kappa shape index (κ3) is 3.79. The number of carbonyl (C=O) groups is 2. The largest absolute Gasteiger partial charge is 0.480 e. The SMILES string of the molecule is CC(CC(=O)N(CC(=O)O)C1CC1)c1ccc(F)cc1. The summed E-state index contributed by atoms with van der Waals surface area (Å²) in [6, 6.07) is 6.13. The molecular formula is C15H18FNO3. The Morgan fingerprint density at radius 3 is 2.45 bits per heavy atom. The molecule has 1 aliphatic carbocycles. The summed E-state index contributed by atoms with van der Waals surface area (Å²) in [4.78, 5) is 24.5. The van der Waals surface area contributed by atoms with E-state index in [9.17, 15) is 14.0 Å². The van der Waals surface area contributed by atoms with E-state index >= 15 is 0 Å². The topological polar surface area (TPSA) is 57.6 Å². The van der Waals surface area contributed by atoms with Gasteiger partial charge in [0, 0.05) is 12.5 Å². The first-order valence-electron chi connectivity index (χ1n) is 6.74. The number of hydrogen-bond donors (Lipinski definition) is 1. The number of benzene rings is 1. The van der Waals surface area contributed by atoms with E-state index in [4.69, 9.17) is 5.11 Å². The Balaban J connectivity index is 1.98. The Bertz CT molecular complexity index is 496. The molecule has 0 aromatic heterocycles. The Morgan fingerprint density at radius 1 is 1.35 bits per heavy atom. The minimum atomic E-state index is -0.986. The number of carbonyl (C=O) groups excluding carboxylic acids is 1. The number of nitrogens with zero attached hydrogens (tertiary/aromatic N) is 1. The van der Waals surface area contributed by atoms with Gasteiger partial charge in [0.25, 0.3) is 0 Å². The standard InChI is InChI=1S/C15H18FNO3/c1-10(11-2-4-12(16)5-3-11)8-14(18)17(9-15(19)20)13-6-7-13/h2-5,10,13H,6-9H2,1H3,(H,19,20). The molecule has 1 unspecified atom stereocenters. The van der Waals surface area contributed by atoms with Crippen LogP contribution in [0.15, 0.2) is 24.3 Å². The number of rotatable bonds is 6. The van der Waals surface area contributed by atoms with Crippen LogP contribution in [0.4, 0.5) is 4.39 Å². The molecule has 1 aliphatic rings. The van der Waals surface area contributed by atoms with Crippen LogP contribution in [-0.4, -0.2) is 34.5 Å². The van der Waals surface area contributed by atoms with E-state index < -0.39 is 5.97 Å². The first-order chi connectivity index (χ1) is 9.47. The van der Waals surface area contributed by atoms with Crippen molar-refractivity contribution in [3.05, 3.63) is 35.6 Å². The highest BCUT2D eigenvalue weighted by molar-refractivity contribution is 5.82. The Hall–Kier alpha value is -1.91. The first-order valence-corrected chi connectivity index (χ1v) is 6.74. The van der Waals surface area contributed by atoms with E-state index in [1.807, 2.05) is 6.92 Å². The number of carboxylic acids is 1. The van der Waals surface area contributed by atoms with E-state index in [-0.39, 0.29) is 36.6 Å². The van der Waals surface area contributed by atoms with Crippen molar-refractivity contribution >= 4 is 11.9 Å². The van der Waals surface area contributed by atoms with Gasteiger partial charge in [0.15, 0.2) is 0 Å². The van der Waals surface area contributed by atoms with Crippen molar-refractivity contribution in [2.75, 3.05) is 6.54 Å². The molecule has 0 radical (unpaired) electrons. The molecule has 1 amide bonds. The van der Waals surface area contributed by atoms with Gasteiger partial charge in [0.05, 0.1) is 0 Å². The van der Waals surface area contributed by atoms with Crippen LogP contribution in [0.5, 0.6) is 0 Å². The molecule has 0 saturated heterocycles. The molecule has 0 heterocycles. The third-order valence-electron chi connectivity index (χ3n) is 3.53. The normalized spacial score (nSPS) is 15.7. The summed E-state index contributed by atoms with van der Waals surface area (Å²) < 4.78 is 12.9. The summed E-state index contributed by atoms with van der Waals surface area (Å²) in [5.41, 5.74) is 0.880. The monoisotopic (exact) mass is 279 g/mol. The van der Waals surface area contributed by atoms with Crippen LogP contribution in [0.3, 0.4) is 0 Å². The van der Waals surface area contributed by atoms with Gasteiger partial charge >= 0.3 is 5.97 Å². The fourth-order valence-corrected chi connectivity index (χ4v) is 2.24. The molecule has 1 atom stereocenters. The molecule has 5 heteroatoms. The maximum Gasteiger partial charge on any atom is 0.323 e. The molecule has 1 fully saturated rings. The smallest absolute Gasteiger partial charge is 0.323 e. The number of hydrogen-bond acceptors (Lipinski definition) is 2. The fraction of sp³-hybridized carbons (Fsp3) is 0.467. The quantitative estimate of drug-likeness (QED) is 0.870. The molecule has 0 spiro atoms. The van der Waals surface area contributed by atoms with Crippen LogP contribution in [0.2, 0.25) is 0 Å². The van der Waals surface area contributed by atoms with Gasteiger partial charge in [0.1, 0.15) is 12.4 Å². The summed E-state index contributed by atoms with van der Waals surface area (Å²) >= 11 is 0. The highest BCUT2D eigenvalue weighted by atomic mass is 19.1.